The molecule has 6 nitrogen and oxygen atoms in total. The predicted molar refractivity (Wildman–Crippen MR) is 87.9 cm³/mol. The van der Waals surface area contributed by atoms with Crippen molar-refractivity contribution >= 4 is 11.9 Å². The number of carboxylic acids is 1. The van der Waals surface area contributed by atoms with Crippen LogP contribution in [0.3, 0.4) is 0 Å². The molecule has 0 heterocycles. The van der Waals surface area contributed by atoms with Crippen molar-refractivity contribution in [1.82, 2.24) is 0 Å². The molecule has 25 heavy (non-hydrogen) atoms. The molecule has 0 radical (unpaired) electrons. The Hall–Kier alpha value is -3.16. The van der Waals surface area contributed by atoms with E-state index in [1.165, 1.54) is 7.11 Å². The highest BCUT2D eigenvalue weighted by Gasteiger charge is 2.11. The van der Waals surface area contributed by atoms with Crippen molar-refractivity contribution in [3.63, 3.8) is 0 Å². The number of benzene rings is 2. The van der Waals surface area contributed by atoms with Gasteiger partial charge in [-0.05, 0) is 24.3 Å². The van der Waals surface area contributed by atoms with Crippen molar-refractivity contribution < 1.29 is 38.4 Å². The van der Waals surface area contributed by atoms with Crippen molar-refractivity contribution in [2.45, 2.75) is 14.9 Å². The van der Waals surface area contributed by atoms with E-state index in [-0.39, 0.29) is 26.0 Å². The fraction of sp³-hybridized carbons (Fsp3) is 0.176. The first-order valence-corrected chi connectivity index (χ1v) is 6.05. The highest BCUT2D eigenvalue weighted by Crippen LogP contribution is 2.18. The van der Waals surface area contributed by atoms with Crippen LogP contribution in [0, 0.1) is 11.6 Å². The van der Waals surface area contributed by atoms with Gasteiger partial charge in [0.1, 0.15) is 34.3 Å². The molecule has 138 valence electrons. The summed E-state index contributed by atoms with van der Waals surface area (Å²) < 4.78 is 29.0. The lowest BCUT2D eigenvalue weighted by Crippen LogP contribution is -2.01. The third-order valence-corrected chi connectivity index (χ3v) is 2.56. The van der Waals surface area contributed by atoms with Crippen LogP contribution in [0.4, 0.5) is 8.78 Å². The van der Waals surface area contributed by atoms with Gasteiger partial charge in [-0.2, -0.15) is 0 Å². The second-order valence-corrected chi connectivity index (χ2v) is 4.12. The number of esters is 1. The Morgan fingerprint density at radius 2 is 1.28 bits per heavy atom. The minimum absolute atomic E-state index is 0. The maximum atomic E-state index is 12.4. The van der Waals surface area contributed by atoms with Crippen LogP contribution >= 0.6 is 0 Å². The molecule has 0 aromatic heterocycles. The van der Waals surface area contributed by atoms with E-state index in [1.54, 1.807) is 0 Å². The fourth-order valence-corrected chi connectivity index (χ4v) is 1.47. The van der Waals surface area contributed by atoms with Crippen LogP contribution in [0.2, 0.25) is 0 Å². The van der Waals surface area contributed by atoms with E-state index in [2.05, 4.69) is 4.74 Å². The number of carboxylic acid groups (broad SMARTS) is 1. The fourth-order valence-electron chi connectivity index (χ4n) is 1.47. The van der Waals surface area contributed by atoms with Crippen molar-refractivity contribution in [3.05, 3.63) is 59.2 Å². The molecule has 0 saturated heterocycles. The highest BCUT2D eigenvalue weighted by molar-refractivity contribution is 5.92. The van der Waals surface area contributed by atoms with Gasteiger partial charge >= 0.3 is 11.9 Å². The van der Waals surface area contributed by atoms with Gasteiger partial charge < -0.3 is 20.1 Å². The average molecular weight is 358 g/mol. The number of aromatic hydroxyl groups is 2. The number of aromatic carboxylic acids is 1. The molecule has 0 fully saturated rings. The monoisotopic (exact) mass is 358 g/mol. The van der Waals surface area contributed by atoms with E-state index in [0.717, 1.165) is 36.4 Å². The van der Waals surface area contributed by atoms with E-state index in [4.69, 9.17) is 15.3 Å². The minimum atomic E-state index is -1.28. The van der Waals surface area contributed by atoms with Gasteiger partial charge in [-0.15, -0.1) is 0 Å². The summed E-state index contributed by atoms with van der Waals surface area (Å²) in [5, 5.41) is 26.3. The lowest BCUT2D eigenvalue weighted by molar-refractivity contribution is 0.0596. The molecule has 8 heteroatoms. The minimum Gasteiger partial charge on any atom is -0.507 e. The average Bonchev–Trinajstić information content (AvgIpc) is 2.46. The maximum absolute atomic E-state index is 12.4. The summed E-state index contributed by atoms with van der Waals surface area (Å²) in [5.41, 5.74) is -0.342. The van der Waals surface area contributed by atoms with Gasteiger partial charge in [-0.3, -0.25) is 0 Å². The molecule has 0 aliphatic heterocycles. The number of ether oxygens (including phenoxy) is 1. The molecule has 3 N–H and O–H groups in total. The van der Waals surface area contributed by atoms with Gasteiger partial charge in [0.05, 0.1) is 7.11 Å². The molecule has 0 saturated carbocycles. The number of hydrogen-bond donors (Lipinski definition) is 3. The van der Waals surface area contributed by atoms with Crippen molar-refractivity contribution in [2.24, 2.45) is 0 Å². The maximum Gasteiger partial charge on any atom is 0.341 e. The van der Waals surface area contributed by atoms with E-state index in [9.17, 15) is 18.4 Å². The number of carbonyl (C=O) groups is 2. The highest BCUT2D eigenvalue weighted by atomic mass is 19.1. The van der Waals surface area contributed by atoms with E-state index >= 15 is 0 Å². The van der Waals surface area contributed by atoms with E-state index in [1.807, 2.05) is 0 Å². The molecular formula is C17H20F2O6. The first kappa shape index (κ1) is 24.1. The van der Waals surface area contributed by atoms with Crippen LogP contribution in [-0.2, 0) is 4.74 Å². The molecule has 2 aromatic carbocycles. The van der Waals surface area contributed by atoms with Crippen LogP contribution in [0.25, 0.3) is 0 Å². The zero-order chi connectivity index (χ0) is 17.6. The third kappa shape index (κ3) is 6.86. The molecular weight excluding hydrogens is 338 g/mol. The summed E-state index contributed by atoms with van der Waals surface area (Å²) in [6, 6.07) is 5.83. The van der Waals surface area contributed by atoms with Gasteiger partial charge in [0.2, 0.25) is 0 Å². The molecule has 0 atom stereocenters. The zero-order valence-corrected chi connectivity index (χ0v) is 11.8. The Bertz CT molecular complexity index is 731. The standard InChI is InChI=1S/C8H7FO3.C7H5FO3.2CH4/c1-12-8(11)6-3-2-5(9)4-7(6)10;8-4-1-2-5(7(10)11)6(9)3-4;;/h2-4,10H,1H3;1-3,9H,(H,10,11);2*1H4. The summed E-state index contributed by atoms with van der Waals surface area (Å²) in [6.45, 7) is 0. The van der Waals surface area contributed by atoms with Gasteiger partial charge in [-0.25, -0.2) is 18.4 Å². The Morgan fingerprint density at radius 3 is 1.60 bits per heavy atom. The summed E-state index contributed by atoms with van der Waals surface area (Å²) in [6.07, 6.45) is 0. The smallest absolute Gasteiger partial charge is 0.341 e. The molecule has 0 aliphatic carbocycles. The number of hydrogen-bond acceptors (Lipinski definition) is 5. The van der Waals surface area contributed by atoms with Crippen LogP contribution in [0.1, 0.15) is 35.6 Å². The summed E-state index contributed by atoms with van der Waals surface area (Å²) in [7, 11) is 1.19. The quantitative estimate of drug-likeness (QED) is 0.705. The van der Waals surface area contributed by atoms with Crippen LogP contribution in [0.15, 0.2) is 36.4 Å². The van der Waals surface area contributed by atoms with Crippen molar-refractivity contribution in [1.29, 1.82) is 0 Å². The van der Waals surface area contributed by atoms with Gasteiger partial charge in [-0.1, -0.05) is 14.9 Å². The van der Waals surface area contributed by atoms with Gasteiger partial charge in [0.15, 0.2) is 0 Å². The predicted octanol–water partition coefficient (Wildman–Crippen LogP) is 3.82. The number of phenolic OH excluding ortho intramolecular Hbond substituents is 1. The Kier molecular flexibility index (Phi) is 10.2. The van der Waals surface area contributed by atoms with Crippen molar-refractivity contribution in [3.8, 4) is 11.5 Å². The molecule has 0 amide bonds. The summed E-state index contributed by atoms with van der Waals surface area (Å²) in [5.74, 6) is -4.19. The molecule has 0 spiro atoms. The first-order valence-electron chi connectivity index (χ1n) is 6.05. The number of rotatable bonds is 2. The lowest BCUT2D eigenvalue weighted by Gasteiger charge is -2.00. The Balaban J connectivity index is 0. The van der Waals surface area contributed by atoms with Crippen LogP contribution in [-0.4, -0.2) is 34.4 Å². The molecule has 0 aliphatic rings. The first-order chi connectivity index (χ1) is 10.8. The summed E-state index contributed by atoms with van der Waals surface area (Å²) in [4.78, 5) is 21.1. The third-order valence-electron chi connectivity index (χ3n) is 2.56. The number of halogens is 2. The molecule has 0 unspecified atom stereocenters. The van der Waals surface area contributed by atoms with E-state index in [0.29, 0.717) is 0 Å². The largest absolute Gasteiger partial charge is 0.507 e. The molecule has 2 rings (SSSR count). The Morgan fingerprint density at radius 1 is 0.880 bits per heavy atom. The molecule has 2 aromatic rings. The zero-order valence-electron chi connectivity index (χ0n) is 11.8. The van der Waals surface area contributed by atoms with Gasteiger partial charge in [0.25, 0.3) is 0 Å². The number of phenols is 2. The topological polar surface area (TPSA) is 104 Å². The van der Waals surface area contributed by atoms with Crippen LogP contribution < -0.4 is 0 Å². The second kappa shape index (κ2) is 10.6. The second-order valence-electron chi connectivity index (χ2n) is 4.12. The van der Waals surface area contributed by atoms with E-state index < -0.39 is 35.1 Å². The van der Waals surface area contributed by atoms with Crippen molar-refractivity contribution in [2.75, 3.05) is 7.11 Å². The SMILES string of the molecule is C.C.COC(=O)c1ccc(F)cc1O.O=C(O)c1ccc(F)cc1O. The Labute approximate surface area is 143 Å². The summed E-state index contributed by atoms with van der Waals surface area (Å²) >= 11 is 0. The molecule has 0 bridgehead atoms. The normalized spacial score (nSPS) is 8.76. The number of carbonyl (C=O) groups excluding carboxylic acids is 1. The number of methoxy groups -OCH3 is 1. The van der Waals surface area contributed by atoms with Crippen LogP contribution in [0.5, 0.6) is 11.5 Å². The van der Waals surface area contributed by atoms with Gasteiger partial charge in [0, 0.05) is 12.1 Å². The lowest BCUT2D eigenvalue weighted by atomic mass is 10.2.